The number of ether oxygens (including phenoxy) is 1. The molecule has 2 rings (SSSR count). The molecule has 0 saturated heterocycles. The van der Waals surface area contributed by atoms with Gasteiger partial charge in [0.1, 0.15) is 12.4 Å². The summed E-state index contributed by atoms with van der Waals surface area (Å²) in [6.45, 7) is 7.43. The fourth-order valence-corrected chi connectivity index (χ4v) is 2.36. The van der Waals surface area contributed by atoms with Crippen molar-refractivity contribution in [2.24, 2.45) is 0 Å². The predicted octanol–water partition coefficient (Wildman–Crippen LogP) is 2.75. The van der Waals surface area contributed by atoms with Gasteiger partial charge in [0.2, 0.25) is 0 Å². The zero-order valence-electron chi connectivity index (χ0n) is 13.5. The summed E-state index contributed by atoms with van der Waals surface area (Å²) < 4.78 is 5.93. The molecule has 4 nitrogen and oxygen atoms in total. The topological polar surface area (TPSA) is 54.4 Å². The highest BCUT2D eigenvalue weighted by molar-refractivity contribution is 5.43. The van der Waals surface area contributed by atoms with Crippen molar-refractivity contribution in [2.45, 2.75) is 40.0 Å². The molecule has 0 bridgehead atoms. The van der Waals surface area contributed by atoms with Crippen molar-refractivity contribution in [3.05, 3.63) is 58.9 Å². The fraction of sp³-hybridized carbons (Fsp3) is 0.389. The first kappa shape index (κ1) is 16.5. The molecule has 0 aliphatic rings. The number of aryl methyl sites for hydroxylation is 2. The van der Waals surface area contributed by atoms with Gasteiger partial charge in [-0.3, -0.25) is 4.98 Å². The van der Waals surface area contributed by atoms with Crippen LogP contribution in [0.1, 0.15) is 29.3 Å². The quantitative estimate of drug-likeness (QED) is 0.825. The largest absolute Gasteiger partial charge is 0.487 e. The van der Waals surface area contributed by atoms with E-state index in [0.717, 1.165) is 29.1 Å². The van der Waals surface area contributed by atoms with E-state index in [0.29, 0.717) is 6.61 Å². The van der Waals surface area contributed by atoms with Crippen LogP contribution in [0, 0.1) is 13.8 Å². The minimum Gasteiger partial charge on any atom is -0.487 e. The molecule has 0 aliphatic heterocycles. The molecule has 0 aliphatic carbocycles. The third-order valence-electron chi connectivity index (χ3n) is 3.54. The van der Waals surface area contributed by atoms with E-state index < -0.39 is 0 Å². The number of aliphatic hydroxyl groups excluding tert-OH is 1. The van der Waals surface area contributed by atoms with Gasteiger partial charge in [0.15, 0.2) is 0 Å². The molecule has 0 radical (unpaired) electrons. The molecular formula is C18H24N2O2. The third kappa shape index (κ3) is 4.55. The Morgan fingerprint density at radius 2 is 1.95 bits per heavy atom. The average Bonchev–Trinajstić information content (AvgIpc) is 2.52. The zero-order valence-corrected chi connectivity index (χ0v) is 13.5. The van der Waals surface area contributed by atoms with Crippen LogP contribution >= 0.6 is 0 Å². The summed E-state index contributed by atoms with van der Waals surface area (Å²) in [5.41, 5.74) is 4.35. The number of benzene rings is 1. The highest BCUT2D eigenvalue weighted by Gasteiger charge is 2.08. The molecule has 1 aromatic heterocycles. The van der Waals surface area contributed by atoms with E-state index in [1.165, 1.54) is 5.56 Å². The van der Waals surface area contributed by atoms with Crippen LogP contribution in [-0.2, 0) is 13.2 Å². The molecule has 118 valence electrons. The number of hydrogen-bond donors (Lipinski definition) is 2. The standard InChI is InChI=1S/C18H24N2O2/c1-13-8-16(10-20-15(3)11-21)9-14(2)18(13)22-12-17-6-4-5-7-19-17/h4-9,15,20-21H,10-12H2,1-3H3/t15-/m1/s1. The number of aromatic nitrogens is 1. The Balaban J connectivity index is 2.03. The van der Waals surface area contributed by atoms with E-state index in [1.54, 1.807) is 6.20 Å². The van der Waals surface area contributed by atoms with Crippen molar-refractivity contribution >= 4 is 0 Å². The third-order valence-corrected chi connectivity index (χ3v) is 3.54. The van der Waals surface area contributed by atoms with E-state index in [-0.39, 0.29) is 12.6 Å². The van der Waals surface area contributed by atoms with Crippen LogP contribution in [0.3, 0.4) is 0 Å². The minimum atomic E-state index is 0.0979. The molecule has 2 N–H and O–H groups in total. The first-order valence-electron chi connectivity index (χ1n) is 7.57. The van der Waals surface area contributed by atoms with Gasteiger partial charge in [-0.25, -0.2) is 0 Å². The monoisotopic (exact) mass is 300 g/mol. The highest BCUT2D eigenvalue weighted by Crippen LogP contribution is 2.25. The van der Waals surface area contributed by atoms with Crippen molar-refractivity contribution in [1.82, 2.24) is 10.3 Å². The molecule has 1 heterocycles. The Kier molecular flexibility index (Phi) is 5.92. The number of rotatable bonds is 7. The maximum absolute atomic E-state index is 9.06. The molecule has 1 aromatic carbocycles. The van der Waals surface area contributed by atoms with E-state index in [2.05, 4.69) is 36.3 Å². The summed E-state index contributed by atoms with van der Waals surface area (Å²) in [6, 6.07) is 10.2. The number of nitrogens with zero attached hydrogens (tertiary/aromatic N) is 1. The summed E-state index contributed by atoms with van der Waals surface area (Å²) in [5.74, 6) is 0.921. The maximum Gasteiger partial charge on any atom is 0.130 e. The summed E-state index contributed by atoms with van der Waals surface area (Å²) in [5, 5.41) is 12.3. The molecule has 4 heteroatoms. The van der Waals surface area contributed by atoms with Gasteiger partial charge in [-0.15, -0.1) is 0 Å². The molecule has 2 aromatic rings. The molecule has 0 unspecified atom stereocenters. The van der Waals surface area contributed by atoms with Crippen LogP contribution in [-0.4, -0.2) is 22.7 Å². The van der Waals surface area contributed by atoms with Crippen molar-refractivity contribution in [2.75, 3.05) is 6.61 Å². The first-order valence-corrected chi connectivity index (χ1v) is 7.57. The summed E-state index contributed by atoms with van der Waals surface area (Å²) >= 11 is 0. The van der Waals surface area contributed by atoms with Gasteiger partial charge >= 0.3 is 0 Å². The number of nitrogens with one attached hydrogen (secondary N) is 1. The normalized spacial score (nSPS) is 12.2. The Bertz CT molecular complexity index is 576. The Morgan fingerprint density at radius 3 is 2.55 bits per heavy atom. The minimum absolute atomic E-state index is 0.0979. The van der Waals surface area contributed by atoms with Crippen LogP contribution in [0.25, 0.3) is 0 Å². The second kappa shape index (κ2) is 7.92. The second-order valence-electron chi connectivity index (χ2n) is 5.63. The van der Waals surface area contributed by atoms with Gasteiger partial charge in [0.25, 0.3) is 0 Å². The molecule has 0 amide bonds. The van der Waals surface area contributed by atoms with Gasteiger partial charge in [-0.1, -0.05) is 18.2 Å². The zero-order chi connectivity index (χ0) is 15.9. The van der Waals surface area contributed by atoms with Crippen LogP contribution < -0.4 is 10.1 Å². The lowest BCUT2D eigenvalue weighted by Crippen LogP contribution is -2.28. The van der Waals surface area contributed by atoms with E-state index >= 15 is 0 Å². The van der Waals surface area contributed by atoms with Crippen LogP contribution in [0.15, 0.2) is 36.5 Å². The van der Waals surface area contributed by atoms with Crippen LogP contribution in [0.2, 0.25) is 0 Å². The SMILES string of the molecule is Cc1cc(CN[C@H](C)CO)cc(C)c1OCc1ccccn1. The van der Waals surface area contributed by atoms with Crippen molar-refractivity contribution in [3.63, 3.8) is 0 Å². The van der Waals surface area contributed by atoms with Gasteiger partial charge in [0, 0.05) is 18.8 Å². The van der Waals surface area contributed by atoms with Gasteiger partial charge in [-0.05, 0) is 49.6 Å². The smallest absolute Gasteiger partial charge is 0.130 e. The Labute approximate surface area is 132 Å². The summed E-state index contributed by atoms with van der Waals surface area (Å²) in [4.78, 5) is 4.27. The Morgan fingerprint density at radius 1 is 1.23 bits per heavy atom. The number of pyridine rings is 1. The number of aliphatic hydroxyl groups is 1. The lowest BCUT2D eigenvalue weighted by Gasteiger charge is -2.15. The van der Waals surface area contributed by atoms with Gasteiger partial charge in [0.05, 0.1) is 12.3 Å². The summed E-state index contributed by atoms with van der Waals surface area (Å²) in [7, 11) is 0. The van der Waals surface area contributed by atoms with Crippen LogP contribution in [0.4, 0.5) is 0 Å². The lowest BCUT2D eigenvalue weighted by molar-refractivity contribution is 0.251. The van der Waals surface area contributed by atoms with Crippen molar-refractivity contribution < 1.29 is 9.84 Å². The average molecular weight is 300 g/mol. The van der Waals surface area contributed by atoms with E-state index in [4.69, 9.17) is 9.84 Å². The van der Waals surface area contributed by atoms with Crippen molar-refractivity contribution in [3.8, 4) is 5.75 Å². The molecular weight excluding hydrogens is 276 g/mol. The van der Waals surface area contributed by atoms with Gasteiger partial charge < -0.3 is 15.2 Å². The molecule has 0 fully saturated rings. The van der Waals surface area contributed by atoms with Crippen molar-refractivity contribution in [1.29, 1.82) is 0 Å². The molecule has 0 saturated carbocycles. The molecule has 1 atom stereocenters. The highest BCUT2D eigenvalue weighted by atomic mass is 16.5. The Hall–Kier alpha value is -1.91. The number of hydrogen-bond acceptors (Lipinski definition) is 4. The first-order chi connectivity index (χ1) is 10.6. The van der Waals surface area contributed by atoms with Gasteiger partial charge in [-0.2, -0.15) is 0 Å². The molecule has 22 heavy (non-hydrogen) atoms. The predicted molar refractivity (Wildman–Crippen MR) is 87.9 cm³/mol. The summed E-state index contributed by atoms with van der Waals surface area (Å²) in [6.07, 6.45) is 1.77. The van der Waals surface area contributed by atoms with E-state index in [9.17, 15) is 0 Å². The van der Waals surface area contributed by atoms with Crippen LogP contribution in [0.5, 0.6) is 5.75 Å². The molecule has 0 spiro atoms. The second-order valence-corrected chi connectivity index (χ2v) is 5.63. The van der Waals surface area contributed by atoms with E-state index in [1.807, 2.05) is 25.1 Å². The lowest BCUT2D eigenvalue weighted by atomic mass is 10.1. The maximum atomic E-state index is 9.06. The fourth-order valence-electron chi connectivity index (χ4n) is 2.36.